The van der Waals surface area contributed by atoms with Gasteiger partial charge >= 0.3 is 0 Å². The van der Waals surface area contributed by atoms with Gasteiger partial charge in [-0.25, -0.2) is 0 Å². The number of hydrogen-bond donors (Lipinski definition) is 1. The number of pyridine rings is 1. The van der Waals surface area contributed by atoms with Gasteiger partial charge in [0.1, 0.15) is 7.05 Å². The largest absolute Gasteiger partial charge is 1.00 e. The fourth-order valence-electron chi connectivity index (χ4n) is 3.37. The van der Waals surface area contributed by atoms with Gasteiger partial charge < -0.3 is 18.1 Å². The number of nitro groups is 1. The van der Waals surface area contributed by atoms with E-state index in [0.717, 1.165) is 32.9 Å². The van der Waals surface area contributed by atoms with E-state index in [1.807, 2.05) is 37.4 Å². The molecule has 0 aliphatic heterocycles. The van der Waals surface area contributed by atoms with Crippen molar-refractivity contribution in [2.75, 3.05) is 5.73 Å². The maximum Gasteiger partial charge on any atom is 0.269 e. The second kappa shape index (κ2) is 6.61. The Balaban J connectivity index is 0.00000196. The number of fused-ring (bicyclic) bond motifs is 3. The Morgan fingerprint density at radius 1 is 0.923 bits per heavy atom. The van der Waals surface area contributed by atoms with Crippen LogP contribution in [-0.2, 0) is 7.05 Å². The fraction of sp³-hybridized carbons (Fsp3) is 0.0500. The number of nitrogen functional groups attached to an aromatic ring is 1. The van der Waals surface area contributed by atoms with Gasteiger partial charge in [-0.1, -0.05) is 18.2 Å². The summed E-state index contributed by atoms with van der Waals surface area (Å²) in [6.07, 6.45) is 0. The van der Waals surface area contributed by atoms with Gasteiger partial charge in [0.25, 0.3) is 5.69 Å². The zero-order chi connectivity index (χ0) is 17.6. The number of benzene rings is 3. The zero-order valence-corrected chi connectivity index (χ0v) is 14.8. The summed E-state index contributed by atoms with van der Waals surface area (Å²) in [7, 11) is 1.99. The third-order valence-corrected chi connectivity index (χ3v) is 4.54. The Bertz CT molecular complexity index is 1140. The highest BCUT2D eigenvalue weighted by atomic mass is 35.5. The Labute approximate surface area is 156 Å². The van der Waals surface area contributed by atoms with Gasteiger partial charge in [-0.3, -0.25) is 10.1 Å². The molecule has 4 aromatic rings. The molecule has 0 atom stereocenters. The van der Waals surface area contributed by atoms with Gasteiger partial charge in [0.15, 0.2) is 0 Å². The summed E-state index contributed by atoms with van der Waals surface area (Å²) in [4.78, 5) is 10.5. The molecular weight excluding hydrogens is 350 g/mol. The van der Waals surface area contributed by atoms with Crippen molar-refractivity contribution in [1.29, 1.82) is 0 Å². The lowest BCUT2D eigenvalue weighted by Gasteiger charge is -2.10. The van der Waals surface area contributed by atoms with E-state index in [2.05, 4.69) is 16.7 Å². The van der Waals surface area contributed by atoms with Crippen molar-refractivity contribution in [3.05, 3.63) is 76.8 Å². The number of aromatic nitrogens is 1. The van der Waals surface area contributed by atoms with E-state index >= 15 is 0 Å². The molecule has 3 aromatic carbocycles. The van der Waals surface area contributed by atoms with Gasteiger partial charge in [-0.2, -0.15) is 4.57 Å². The molecule has 0 bridgehead atoms. The Morgan fingerprint density at radius 2 is 1.58 bits per heavy atom. The van der Waals surface area contributed by atoms with Crippen LogP contribution in [0.25, 0.3) is 32.9 Å². The number of nitro benzene ring substituents is 1. The maximum atomic E-state index is 10.9. The molecule has 1 heterocycles. The zero-order valence-electron chi connectivity index (χ0n) is 14.0. The molecule has 2 N–H and O–H groups in total. The van der Waals surface area contributed by atoms with Crippen molar-refractivity contribution < 1.29 is 21.9 Å². The highest BCUT2D eigenvalue weighted by Crippen LogP contribution is 2.32. The molecule has 0 spiro atoms. The Morgan fingerprint density at radius 3 is 2.23 bits per heavy atom. The van der Waals surface area contributed by atoms with Gasteiger partial charge in [0.05, 0.1) is 15.7 Å². The average molecular weight is 366 g/mol. The van der Waals surface area contributed by atoms with Crippen LogP contribution in [0.5, 0.6) is 0 Å². The van der Waals surface area contributed by atoms with Crippen LogP contribution in [0.4, 0.5) is 11.4 Å². The first-order chi connectivity index (χ1) is 12.1. The second-order valence-corrected chi connectivity index (χ2v) is 6.03. The summed E-state index contributed by atoms with van der Waals surface area (Å²) in [5, 5.41) is 14.3. The molecule has 0 aliphatic rings. The molecule has 4 rings (SSSR count). The van der Waals surface area contributed by atoms with Crippen molar-refractivity contribution >= 4 is 33.1 Å². The van der Waals surface area contributed by atoms with Crippen LogP contribution < -0.4 is 22.7 Å². The van der Waals surface area contributed by atoms with Crippen LogP contribution >= 0.6 is 0 Å². The number of nitrogens with two attached hydrogens (primary N) is 1. The molecule has 0 saturated heterocycles. The summed E-state index contributed by atoms with van der Waals surface area (Å²) >= 11 is 0. The van der Waals surface area contributed by atoms with E-state index in [0.29, 0.717) is 5.69 Å². The van der Waals surface area contributed by atoms with Gasteiger partial charge in [0.2, 0.25) is 11.2 Å². The lowest BCUT2D eigenvalue weighted by molar-refractivity contribution is -0.632. The van der Waals surface area contributed by atoms with Crippen LogP contribution in [-0.4, -0.2) is 4.92 Å². The van der Waals surface area contributed by atoms with Crippen molar-refractivity contribution in [3.63, 3.8) is 0 Å². The SMILES string of the molecule is C[n+]1c(-c2ccc([N+](=O)[O-])cc2)c2ccccc2c2ccc(N)cc21.[Cl-]. The highest BCUT2D eigenvalue weighted by molar-refractivity contribution is 6.09. The molecule has 0 saturated carbocycles. The first kappa shape index (κ1) is 17.6. The molecule has 0 amide bonds. The molecule has 0 fully saturated rings. The van der Waals surface area contributed by atoms with Crippen molar-refractivity contribution in [2.24, 2.45) is 7.05 Å². The number of nitrogens with zero attached hydrogens (tertiary/aromatic N) is 2. The molecule has 6 heteroatoms. The van der Waals surface area contributed by atoms with Gasteiger partial charge in [-0.15, -0.1) is 0 Å². The Hall–Kier alpha value is -3.18. The molecule has 0 radical (unpaired) electrons. The average Bonchev–Trinajstić information content (AvgIpc) is 2.62. The maximum absolute atomic E-state index is 10.9. The van der Waals surface area contributed by atoms with E-state index < -0.39 is 0 Å². The predicted octanol–water partition coefficient (Wildman–Crippen LogP) is 0.979. The third-order valence-electron chi connectivity index (χ3n) is 4.54. The first-order valence-electron chi connectivity index (χ1n) is 7.91. The Kier molecular flexibility index (Phi) is 4.49. The fourth-order valence-corrected chi connectivity index (χ4v) is 3.37. The topological polar surface area (TPSA) is 73.0 Å². The van der Waals surface area contributed by atoms with Gasteiger partial charge in [-0.05, 0) is 30.3 Å². The number of anilines is 1. The summed E-state index contributed by atoms with van der Waals surface area (Å²) in [5.74, 6) is 0. The van der Waals surface area contributed by atoms with Gasteiger partial charge in [0, 0.05) is 34.8 Å². The first-order valence-corrected chi connectivity index (χ1v) is 7.91. The number of non-ortho nitro benzene ring substituents is 1. The molecule has 26 heavy (non-hydrogen) atoms. The smallest absolute Gasteiger partial charge is 0.269 e. The van der Waals surface area contributed by atoms with Crippen LogP contribution in [0.15, 0.2) is 66.7 Å². The lowest BCUT2D eigenvalue weighted by atomic mass is 9.99. The monoisotopic (exact) mass is 365 g/mol. The summed E-state index contributed by atoms with van der Waals surface area (Å²) in [6.45, 7) is 0. The number of aryl methyl sites for hydroxylation is 1. The van der Waals surface area contributed by atoms with Crippen LogP contribution in [0.1, 0.15) is 0 Å². The second-order valence-electron chi connectivity index (χ2n) is 6.03. The summed E-state index contributed by atoms with van der Waals surface area (Å²) in [6, 6.07) is 20.7. The van der Waals surface area contributed by atoms with E-state index in [4.69, 9.17) is 5.73 Å². The van der Waals surface area contributed by atoms with Crippen molar-refractivity contribution in [1.82, 2.24) is 0 Å². The van der Waals surface area contributed by atoms with E-state index in [1.165, 1.54) is 12.1 Å². The predicted molar refractivity (Wildman–Crippen MR) is 99.1 cm³/mol. The molecule has 5 nitrogen and oxygen atoms in total. The summed E-state index contributed by atoms with van der Waals surface area (Å²) < 4.78 is 2.09. The molecule has 130 valence electrons. The van der Waals surface area contributed by atoms with Crippen LogP contribution in [0.2, 0.25) is 0 Å². The molecule has 0 unspecified atom stereocenters. The standard InChI is InChI=1S/C20H15N3O2.ClH/c1-22-19-12-14(21)8-11-17(19)16-4-2-3-5-18(16)20(22)13-6-9-15(10-7-13)23(24)25;/h2-12,21H,1H3;1H. The minimum absolute atomic E-state index is 0. The molecular formula is C20H16ClN3O2. The summed E-state index contributed by atoms with van der Waals surface area (Å²) in [5.41, 5.74) is 9.72. The number of halogens is 1. The van der Waals surface area contributed by atoms with Crippen LogP contribution in [0.3, 0.4) is 0 Å². The number of rotatable bonds is 2. The molecule has 1 aromatic heterocycles. The van der Waals surface area contributed by atoms with E-state index in [9.17, 15) is 10.1 Å². The molecule has 0 aliphatic carbocycles. The third kappa shape index (κ3) is 2.72. The quantitative estimate of drug-likeness (QED) is 0.189. The lowest BCUT2D eigenvalue weighted by Crippen LogP contribution is -3.00. The van der Waals surface area contributed by atoms with E-state index in [1.54, 1.807) is 12.1 Å². The number of hydrogen-bond acceptors (Lipinski definition) is 3. The van der Waals surface area contributed by atoms with Crippen molar-refractivity contribution in [3.8, 4) is 11.3 Å². The van der Waals surface area contributed by atoms with Crippen molar-refractivity contribution in [2.45, 2.75) is 0 Å². The minimum atomic E-state index is -0.386. The minimum Gasteiger partial charge on any atom is -1.00 e. The normalized spacial score (nSPS) is 10.7. The highest BCUT2D eigenvalue weighted by Gasteiger charge is 2.21. The van der Waals surface area contributed by atoms with Crippen LogP contribution in [0, 0.1) is 10.1 Å². The van der Waals surface area contributed by atoms with E-state index in [-0.39, 0.29) is 23.0 Å².